The van der Waals surface area contributed by atoms with Crippen LogP contribution in [-0.2, 0) is 13.0 Å². The maximum Gasteiger partial charge on any atom is 0.182 e. The second-order valence-corrected chi connectivity index (χ2v) is 3.94. The predicted octanol–water partition coefficient (Wildman–Crippen LogP) is 1.06. The van der Waals surface area contributed by atoms with Crippen LogP contribution in [0.3, 0.4) is 0 Å². The number of aryl methyl sites for hydroxylation is 1. The molecule has 5 heteroatoms. The van der Waals surface area contributed by atoms with Gasteiger partial charge in [0.1, 0.15) is 17.7 Å². The minimum Gasteiger partial charge on any atom is -0.392 e. The predicted molar refractivity (Wildman–Crippen MR) is 61.6 cm³/mol. The summed E-state index contributed by atoms with van der Waals surface area (Å²) in [5.41, 5.74) is 6.06. The molecule has 0 saturated carbocycles. The van der Waals surface area contributed by atoms with E-state index in [1.54, 1.807) is 11.5 Å². The molecule has 0 spiro atoms. The summed E-state index contributed by atoms with van der Waals surface area (Å²) in [4.78, 5) is 4.18. The van der Waals surface area contributed by atoms with Crippen molar-refractivity contribution in [3.63, 3.8) is 0 Å². The van der Waals surface area contributed by atoms with E-state index in [-0.39, 0.29) is 5.69 Å². The Kier molecular flexibility index (Phi) is 4.32. The van der Waals surface area contributed by atoms with Gasteiger partial charge in [-0.05, 0) is 13.3 Å². The van der Waals surface area contributed by atoms with E-state index in [9.17, 15) is 5.11 Å². The Bertz CT molecular complexity index is 389. The molecule has 0 aliphatic rings. The summed E-state index contributed by atoms with van der Waals surface area (Å²) in [6.07, 6.45) is 2.35. The van der Waals surface area contributed by atoms with Crippen molar-refractivity contribution < 1.29 is 5.11 Å². The van der Waals surface area contributed by atoms with Crippen LogP contribution in [0.1, 0.15) is 38.2 Å². The molecule has 0 aromatic carbocycles. The molecular formula is C11H18N4O. The van der Waals surface area contributed by atoms with Crippen LogP contribution in [0.2, 0.25) is 0 Å². The molecule has 88 valence electrons. The maximum atomic E-state index is 9.37. The third-order valence-electron chi connectivity index (χ3n) is 2.39. The van der Waals surface area contributed by atoms with Gasteiger partial charge in [0.25, 0.3) is 0 Å². The van der Waals surface area contributed by atoms with Crippen molar-refractivity contribution in [2.45, 2.75) is 45.8 Å². The molecule has 1 atom stereocenters. The Morgan fingerprint density at radius 3 is 2.81 bits per heavy atom. The number of anilines is 1. The Labute approximate surface area is 95.5 Å². The fourth-order valence-corrected chi connectivity index (χ4v) is 1.59. The van der Waals surface area contributed by atoms with Gasteiger partial charge in [0.15, 0.2) is 5.69 Å². The first-order valence-electron chi connectivity index (χ1n) is 5.53. The fraction of sp³-hybridized carbons (Fsp3) is 0.636. The average Bonchev–Trinajstić information content (AvgIpc) is 2.53. The lowest BCUT2D eigenvalue weighted by atomic mass is 10.2. The second-order valence-electron chi connectivity index (χ2n) is 3.94. The SMILES string of the molecule is CCCCc1nc(C#N)c(N)n1CC(C)O. The van der Waals surface area contributed by atoms with Crippen LogP contribution in [0.4, 0.5) is 5.82 Å². The molecule has 1 unspecified atom stereocenters. The van der Waals surface area contributed by atoms with Crippen molar-refractivity contribution in [1.82, 2.24) is 9.55 Å². The van der Waals surface area contributed by atoms with Gasteiger partial charge < -0.3 is 15.4 Å². The van der Waals surface area contributed by atoms with Gasteiger partial charge >= 0.3 is 0 Å². The molecule has 5 nitrogen and oxygen atoms in total. The molecule has 1 aromatic heterocycles. The lowest BCUT2D eigenvalue weighted by Crippen LogP contribution is -2.16. The zero-order valence-electron chi connectivity index (χ0n) is 9.77. The van der Waals surface area contributed by atoms with E-state index < -0.39 is 6.10 Å². The van der Waals surface area contributed by atoms with Gasteiger partial charge in [-0.25, -0.2) is 4.98 Å². The number of unbranched alkanes of at least 4 members (excludes halogenated alkanes) is 1. The van der Waals surface area contributed by atoms with Crippen LogP contribution >= 0.6 is 0 Å². The van der Waals surface area contributed by atoms with Crippen molar-refractivity contribution in [3.05, 3.63) is 11.5 Å². The summed E-state index contributed by atoms with van der Waals surface area (Å²) in [7, 11) is 0. The summed E-state index contributed by atoms with van der Waals surface area (Å²) >= 11 is 0. The quantitative estimate of drug-likeness (QED) is 0.779. The molecule has 1 rings (SSSR count). The minimum atomic E-state index is -0.497. The second kappa shape index (κ2) is 5.52. The molecule has 1 aromatic rings. The number of imidazole rings is 1. The minimum absolute atomic E-state index is 0.256. The van der Waals surface area contributed by atoms with Crippen molar-refractivity contribution >= 4 is 5.82 Å². The van der Waals surface area contributed by atoms with Gasteiger partial charge in [-0.15, -0.1) is 0 Å². The zero-order chi connectivity index (χ0) is 12.1. The van der Waals surface area contributed by atoms with Gasteiger partial charge in [-0.3, -0.25) is 0 Å². The standard InChI is InChI=1S/C11H18N4O/c1-3-4-5-10-14-9(6-12)11(13)15(10)7-8(2)16/h8,16H,3-5,7,13H2,1-2H3. The van der Waals surface area contributed by atoms with E-state index >= 15 is 0 Å². The van der Waals surface area contributed by atoms with Gasteiger partial charge in [-0.1, -0.05) is 13.3 Å². The van der Waals surface area contributed by atoms with E-state index in [1.807, 2.05) is 6.07 Å². The number of aliphatic hydroxyl groups excluding tert-OH is 1. The third-order valence-corrected chi connectivity index (χ3v) is 2.39. The first kappa shape index (κ1) is 12.5. The van der Waals surface area contributed by atoms with Crippen molar-refractivity contribution in [1.29, 1.82) is 5.26 Å². The lowest BCUT2D eigenvalue weighted by molar-refractivity contribution is 0.173. The number of nitrogen functional groups attached to an aromatic ring is 1. The molecular weight excluding hydrogens is 204 g/mol. The highest BCUT2D eigenvalue weighted by Gasteiger charge is 2.15. The molecule has 16 heavy (non-hydrogen) atoms. The van der Waals surface area contributed by atoms with Crippen LogP contribution < -0.4 is 5.73 Å². The fourth-order valence-electron chi connectivity index (χ4n) is 1.59. The number of nitrogens with zero attached hydrogens (tertiary/aromatic N) is 3. The smallest absolute Gasteiger partial charge is 0.182 e. The largest absolute Gasteiger partial charge is 0.392 e. The molecule has 0 fully saturated rings. The Morgan fingerprint density at radius 1 is 1.62 bits per heavy atom. The highest BCUT2D eigenvalue weighted by molar-refractivity contribution is 5.46. The Hall–Kier alpha value is -1.54. The summed E-state index contributed by atoms with van der Waals surface area (Å²) in [5.74, 6) is 1.14. The third kappa shape index (κ3) is 2.74. The number of aromatic nitrogens is 2. The van der Waals surface area contributed by atoms with Gasteiger partial charge in [0, 0.05) is 6.42 Å². The van der Waals surface area contributed by atoms with Gasteiger partial charge in [-0.2, -0.15) is 5.26 Å². The number of nitriles is 1. The summed E-state index contributed by atoms with van der Waals surface area (Å²) in [6, 6.07) is 1.97. The van der Waals surface area contributed by atoms with E-state index in [0.29, 0.717) is 12.4 Å². The average molecular weight is 222 g/mol. The summed E-state index contributed by atoms with van der Waals surface area (Å²) in [5, 5.41) is 18.2. The van der Waals surface area contributed by atoms with E-state index in [2.05, 4.69) is 11.9 Å². The van der Waals surface area contributed by atoms with Crippen LogP contribution in [-0.4, -0.2) is 20.8 Å². The van der Waals surface area contributed by atoms with Crippen molar-refractivity contribution in [3.8, 4) is 6.07 Å². The first-order valence-corrected chi connectivity index (χ1v) is 5.53. The van der Waals surface area contributed by atoms with Gasteiger partial charge in [0.2, 0.25) is 0 Å². The number of rotatable bonds is 5. The Balaban J connectivity index is 3.00. The first-order chi connectivity index (χ1) is 7.60. The number of hydrogen-bond acceptors (Lipinski definition) is 4. The maximum absolute atomic E-state index is 9.37. The number of hydrogen-bond donors (Lipinski definition) is 2. The van der Waals surface area contributed by atoms with Crippen LogP contribution in [0.15, 0.2) is 0 Å². The normalized spacial score (nSPS) is 12.4. The van der Waals surface area contributed by atoms with Crippen molar-refractivity contribution in [2.75, 3.05) is 5.73 Å². The summed E-state index contributed by atoms with van der Waals surface area (Å²) < 4.78 is 1.74. The van der Waals surface area contributed by atoms with Crippen LogP contribution in [0.25, 0.3) is 0 Å². The lowest BCUT2D eigenvalue weighted by Gasteiger charge is -2.11. The van der Waals surface area contributed by atoms with E-state index in [4.69, 9.17) is 11.0 Å². The number of aliphatic hydroxyl groups is 1. The molecule has 0 bridgehead atoms. The summed E-state index contributed by atoms with van der Waals surface area (Å²) in [6.45, 7) is 4.17. The molecule has 0 radical (unpaired) electrons. The van der Waals surface area contributed by atoms with E-state index in [0.717, 1.165) is 25.1 Å². The molecule has 0 amide bonds. The van der Waals surface area contributed by atoms with Crippen LogP contribution in [0, 0.1) is 11.3 Å². The molecule has 1 heterocycles. The van der Waals surface area contributed by atoms with Crippen molar-refractivity contribution in [2.24, 2.45) is 0 Å². The topological polar surface area (TPSA) is 87.9 Å². The molecule has 0 aliphatic carbocycles. The van der Waals surface area contributed by atoms with Gasteiger partial charge in [0.05, 0.1) is 12.6 Å². The zero-order valence-corrected chi connectivity index (χ0v) is 9.77. The van der Waals surface area contributed by atoms with E-state index in [1.165, 1.54) is 0 Å². The highest BCUT2D eigenvalue weighted by Crippen LogP contribution is 2.16. The molecule has 3 N–H and O–H groups in total. The molecule has 0 aliphatic heterocycles. The van der Waals surface area contributed by atoms with Crippen LogP contribution in [0.5, 0.6) is 0 Å². The monoisotopic (exact) mass is 222 g/mol. The number of nitrogens with two attached hydrogens (primary N) is 1. The molecule has 0 saturated heterocycles. The highest BCUT2D eigenvalue weighted by atomic mass is 16.3. The Morgan fingerprint density at radius 2 is 2.31 bits per heavy atom.